The number of Topliss-reactive ketones (excluding diaryl/α,β-unsaturated/α-hetero) is 1. The largest absolute Gasteiger partial charge is 0.465 e. The molecule has 0 aliphatic heterocycles. The summed E-state index contributed by atoms with van der Waals surface area (Å²) < 4.78 is 5.63. The van der Waals surface area contributed by atoms with Gasteiger partial charge in [-0.2, -0.15) is 5.26 Å². The third-order valence-corrected chi connectivity index (χ3v) is 12.8. The molecule has 5 aliphatic rings. The first-order valence-corrected chi connectivity index (χ1v) is 14.7. The quantitative estimate of drug-likeness (QED) is 0.443. The van der Waals surface area contributed by atoms with Crippen LogP contribution in [-0.2, 0) is 19.1 Å². The van der Waals surface area contributed by atoms with Crippen LogP contribution < -0.4 is 0 Å². The van der Waals surface area contributed by atoms with Crippen molar-refractivity contribution < 1.29 is 24.2 Å². The second-order valence-corrected chi connectivity index (χ2v) is 15.5. The predicted molar refractivity (Wildman–Crippen MR) is 147 cm³/mol. The lowest BCUT2D eigenvalue weighted by Gasteiger charge is -2.71. The van der Waals surface area contributed by atoms with E-state index in [0.29, 0.717) is 12.8 Å². The maximum Gasteiger partial charge on any atom is 0.302 e. The highest BCUT2D eigenvalue weighted by molar-refractivity contribution is 6.05. The maximum atomic E-state index is 14.5. The molecule has 7 atom stereocenters. The van der Waals surface area contributed by atoms with Gasteiger partial charge in [-0.05, 0) is 73.3 Å². The standard InChI is InChI=1S/C33H45NO5/c1-20(35)39-19-32-13-11-27(2,3)17-24(32)33(38)25(36)15-23-29(6)16-21(18-34)26(37)28(4,5)22(29)9-10-30(23,7)31(33,8)12-14-32/h15-16,22,24,38H,9-14,17,19H2,1-8H3/t22?,24?,29-,30+,31-,32+,33+/m0/s1. The SMILES string of the molecule is CC(=O)OC[C@]12CCC(C)(C)CC1[C@@]1(O)C(=O)C=C3[C@@]4(C)C=C(C#N)C(=O)C(C)(C)C4CC[C@@]3(C)[C@]1(C)CC2. The van der Waals surface area contributed by atoms with E-state index in [9.17, 15) is 24.8 Å². The first-order chi connectivity index (χ1) is 17.8. The van der Waals surface area contributed by atoms with Gasteiger partial charge in [0.15, 0.2) is 11.6 Å². The third-order valence-electron chi connectivity index (χ3n) is 12.8. The van der Waals surface area contributed by atoms with Crippen molar-refractivity contribution in [2.75, 3.05) is 6.61 Å². The third kappa shape index (κ3) is 3.38. The fraction of sp³-hybridized carbons (Fsp3) is 0.758. The van der Waals surface area contributed by atoms with Gasteiger partial charge in [-0.1, -0.05) is 54.5 Å². The van der Waals surface area contributed by atoms with Crippen molar-refractivity contribution in [3.8, 4) is 6.07 Å². The van der Waals surface area contributed by atoms with Crippen molar-refractivity contribution in [1.82, 2.24) is 0 Å². The lowest BCUT2D eigenvalue weighted by molar-refractivity contribution is -0.252. The molecule has 0 saturated heterocycles. The van der Waals surface area contributed by atoms with Crippen LogP contribution in [0.4, 0.5) is 0 Å². The summed E-state index contributed by atoms with van der Waals surface area (Å²) >= 11 is 0. The highest BCUT2D eigenvalue weighted by atomic mass is 16.5. The summed E-state index contributed by atoms with van der Waals surface area (Å²) in [7, 11) is 0. The molecule has 0 radical (unpaired) electrons. The zero-order chi connectivity index (χ0) is 29.0. The fourth-order valence-corrected chi connectivity index (χ4v) is 10.2. The molecule has 3 saturated carbocycles. The van der Waals surface area contributed by atoms with Crippen LogP contribution in [0.1, 0.15) is 100 Å². The Morgan fingerprint density at radius 2 is 1.67 bits per heavy atom. The van der Waals surface area contributed by atoms with Crippen molar-refractivity contribution in [1.29, 1.82) is 5.26 Å². The molecular weight excluding hydrogens is 490 g/mol. The zero-order valence-corrected chi connectivity index (χ0v) is 25.0. The molecule has 5 aliphatic carbocycles. The second kappa shape index (κ2) is 8.15. The van der Waals surface area contributed by atoms with Crippen LogP contribution in [0, 0.1) is 55.7 Å². The molecule has 39 heavy (non-hydrogen) atoms. The van der Waals surface area contributed by atoms with E-state index in [0.717, 1.165) is 37.7 Å². The van der Waals surface area contributed by atoms with E-state index in [4.69, 9.17) is 4.74 Å². The lowest BCUT2D eigenvalue weighted by atomic mass is 9.33. The smallest absolute Gasteiger partial charge is 0.302 e. The van der Waals surface area contributed by atoms with Gasteiger partial charge in [0, 0.05) is 34.5 Å². The van der Waals surface area contributed by atoms with E-state index < -0.39 is 32.7 Å². The normalized spacial score (nSPS) is 45.8. The number of carbonyl (C=O) groups excluding carboxylic acids is 3. The molecule has 0 bridgehead atoms. The van der Waals surface area contributed by atoms with Crippen LogP contribution in [0.3, 0.4) is 0 Å². The number of nitriles is 1. The van der Waals surface area contributed by atoms with Gasteiger partial charge in [0.1, 0.15) is 11.7 Å². The van der Waals surface area contributed by atoms with Crippen molar-refractivity contribution in [2.45, 2.75) is 106 Å². The second-order valence-electron chi connectivity index (χ2n) is 15.5. The highest BCUT2D eigenvalue weighted by Crippen LogP contribution is 2.75. The molecular formula is C33H45NO5. The summed E-state index contributed by atoms with van der Waals surface area (Å²) in [6.07, 6.45) is 8.92. The van der Waals surface area contributed by atoms with Gasteiger partial charge in [-0.3, -0.25) is 14.4 Å². The van der Waals surface area contributed by atoms with Crippen LogP contribution in [0.25, 0.3) is 0 Å². The van der Waals surface area contributed by atoms with Gasteiger partial charge in [0.05, 0.1) is 12.2 Å². The summed E-state index contributed by atoms with van der Waals surface area (Å²) in [4.78, 5) is 39.6. The molecule has 212 valence electrons. The molecule has 0 spiro atoms. The maximum absolute atomic E-state index is 14.5. The Hall–Kier alpha value is -2.26. The first-order valence-electron chi connectivity index (χ1n) is 14.7. The van der Waals surface area contributed by atoms with E-state index in [1.54, 1.807) is 6.08 Å². The molecule has 0 aromatic heterocycles. The molecule has 2 unspecified atom stereocenters. The predicted octanol–water partition coefficient (Wildman–Crippen LogP) is 5.88. The topological polar surface area (TPSA) is 104 Å². The number of nitrogens with zero attached hydrogens (tertiary/aromatic N) is 1. The van der Waals surface area contributed by atoms with Gasteiger partial charge >= 0.3 is 5.97 Å². The zero-order valence-electron chi connectivity index (χ0n) is 25.0. The molecule has 1 N–H and O–H groups in total. The van der Waals surface area contributed by atoms with E-state index in [1.165, 1.54) is 6.92 Å². The average Bonchev–Trinajstić information content (AvgIpc) is 2.84. The number of rotatable bonds is 2. The van der Waals surface area contributed by atoms with E-state index in [2.05, 4.69) is 40.7 Å². The molecule has 3 fully saturated rings. The average molecular weight is 536 g/mol. The van der Waals surface area contributed by atoms with Crippen LogP contribution in [0.2, 0.25) is 0 Å². The van der Waals surface area contributed by atoms with E-state index >= 15 is 0 Å². The number of hydrogen-bond donors (Lipinski definition) is 1. The number of fused-ring (bicyclic) bond motifs is 7. The van der Waals surface area contributed by atoms with Gasteiger partial charge in [-0.25, -0.2) is 0 Å². The number of esters is 1. The minimum Gasteiger partial charge on any atom is -0.465 e. The van der Waals surface area contributed by atoms with Gasteiger partial charge < -0.3 is 9.84 Å². The lowest BCUT2D eigenvalue weighted by Crippen LogP contribution is -2.74. The number of hydrogen-bond acceptors (Lipinski definition) is 6. The van der Waals surface area contributed by atoms with E-state index in [1.807, 2.05) is 19.9 Å². The molecule has 0 amide bonds. The summed E-state index contributed by atoms with van der Waals surface area (Å²) in [5, 5.41) is 22.8. The Morgan fingerprint density at radius 1 is 1.03 bits per heavy atom. The molecule has 6 nitrogen and oxygen atoms in total. The molecule has 6 heteroatoms. The van der Waals surface area contributed by atoms with E-state index in [-0.39, 0.29) is 47.0 Å². The van der Waals surface area contributed by atoms with Gasteiger partial charge in [-0.15, -0.1) is 0 Å². The van der Waals surface area contributed by atoms with Gasteiger partial charge in [0.25, 0.3) is 0 Å². The monoisotopic (exact) mass is 535 g/mol. The van der Waals surface area contributed by atoms with Crippen molar-refractivity contribution in [2.24, 2.45) is 44.3 Å². The fourth-order valence-electron chi connectivity index (χ4n) is 10.2. The summed E-state index contributed by atoms with van der Waals surface area (Å²) in [6, 6.07) is 2.14. The van der Waals surface area contributed by atoms with Gasteiger partial charge in [0.2, 0.25) is 0 Å². The summed E-state index contributed by atoms with van der Waals surface area (Å²) in [5.41, 5.74) is -3.61. The Kier molecular flexibility index (Phi) is 5.91. The number of allylic oxidation sites excluding steroid dienone is 3. The minimum absolute atomic E-state index is 0.0446. The van der Waals surface area contributed by atoms with Crippen LogP contribution >= 0.6 is 0 Å². The van der Waals surface area contributed by atoms with Crippen molar-refractivity contribution in [3.63, 3.8) is 0 Å². The number of ketones is 2. The number of ether oxygens (including phenoxy) is 1. The Balaban J connectivity index is 1.71. The Morgan fingerprint density at radius 3 is 2.28 bits per heavy atom. The van der Waals surface area contributed by atoms with Crippen LogP contribution in [-0.4, -0.2) is 34.9 Å². The number of aliphatic hydroxyl groups is 1. The van der Waals surface area contributed by atoms with Crippen molar-refractivity contribution in [3.05, 3.63) is 23.3 Å². The molecule has 0 aromatic carbocycles. The molecule has 5 rings (SSSR count). The summed E-state index contributed by atoms with van der Waals surface area (Å²) in [6.45, 7) is 16.3. The van der Waals surface area contributed by atoms with Crippen molar-refractivity contribution >= 4 is 17.5 Å². The minimum atomic E-state index is -1.60. The van der Waals surface area contributed by atoms with Crippen LogP contribution in [0.5, 0.6) is 0 Å². The first kappa shape index (κ1) is 28.3. The molecule has 0 aromatic rings. The Labute approximate surface area is 233 Å². The molecule has 0 heterocycles. The summed E-state index contributed by atoms with van der Waals surface area (Å²) in [5.74, 6) is -1.11. The number of carbonyl (C=O) groups is 3. The Bertz CT molecular complexity index is 1270. The van der Waals surface area contributed by atoms with Crippen LogP contribution in [0.15, 0.2) is 23.3 Å². The highest BCUT2D eigenvalue weighted by Gasteiger charge is 2.75.